The van der Waals surface area contributed by atoms with E-state index in [2.05, 4.69) is 92.1 Å². The molecule has 0 saturated carbocycles. The number of nitrogens with one attached hydrogen (secondary N) is 1. The van der Waals surface area contributed by atoms with E-state index < -0.39 is 57.6 Å². The summed E-state index contributed by atoms with van der Waals surface area (Å²) in [6.07, 6.45) is 50.6. The van der Waals surface area contributed by atoms with Crippen LogP contribution in [0.4, 0.5) is 0 Å². The SMILES string of the molecule is CC/C=C\C/C=C\C/C=C\C/C=C\C/C=C\C/C=C\CCCCCCC(=O)NC(COP(=O)(O)OCC(O)COC(=O)CCCCCCCCCCCCCCC)C(=O)O. The summed E-state index contributed by atoms with van der Waals surface area (Å²) in [4.78, 5) is 46.0. The third-order valence-corrected chi connectivity index (χ3v) is 10.5. The number of hydrogen-bond acceptors (Lipinski definition) is 8. The van der Waals surface area contributed by atoms with Crippen LogP contribution >= 0.6 is 7.82 Å². The molecule has 0 aromatic heterocycles. The highest BCUT2D eigenvalue weighted by Crippen LogP contribution is 2.43. The topological polar surface area (TPSA) is 169 Å². The Kier molecular flexibility index (Phi) is 40.4. The largest absolute Gasteiger partial charge is 0.480 e. The number of ether oxygens (including phenoxy) is 1. The summed E-state index contributed by atoms with van der Waals surface area (Å²) in [6, 6.07) is -1.56. The molecule has 0 radical (unpaired) electrons. The molecule has 3 atom stereocenters. The molecule has 0 spiro atoms. The van der Waals surface area contributed by atoms with E-state index in [0.29, 0.717) is 12.8 Å². The van der Waals surface area contributed by atoms with Crippen LogP contribution in [0.5, 0.6) is 0 Å². The Hall–Kier alpha value is -3.08. The van der Waals surface area contributed by atoms with E-state index in [9.17, 15) is 34.1 Å². The number of aliphatic hydroxyl groups is 1. The number of carbonyl (C=O) groups is 3. The monoisotopic (exact) mass is 864 g/mol. The normalized spacial score (nSPS) is 14.3. The van der Waals surface area contributed by atoms with Crippen molar-refractivity contribution in [1.82, 2.24) is 5.32 Å². The van der Waals surface area contributed by atoms with Gasteiger partial charge in [0, 0.05) is 12.8 Å². The van der Waals surface area contributed by atoms with Crippen molar-refractivity contribution in [3.05, 3.63) is 72.9 Å². The third-order valence-electron chi connectivity index (χ3n) is 9.51. The van der Waals surface area contributed by atoms with Gasteiger partial charge < -0.3 is 25.2 Å². The van der Waals surface area contributed by atoms with Crippen LogP contribution in [0, 0.1) is 0 Å². The number of amides is 1. The first-order valence-corrected chi connectivity index (χ1v) is 24.5. The van der Waals surface area contributed by atoms with Gasteiger partial charge in [0.1, 0.15) is 12.7 Å². The van der Waals surface area contributed by atoms with E-state index in [-0.39, 0.29) is 12.8 Å². The van der Waals surface area contributed by atoms with E-state index in [4.69, 9.17) is 13.8 Å². The summed E-state index contributed by atoms with van der Waals surface area (Å²) in [5.74, 6) is -2.41. The second-order valence-corrected chi connectivity index (χ2v) is 16.7. The lowest BCUT2D eigenvalue weighted by atomic mass is 10.0. The Bertz CT molecular complexity index is 1290. The zero-order chi connectivity index (χ0) is 44.2. The molecule has 0 bridgehead atoms. The highest BCUT2D eigenvalue weighted by molar-refractivity contribution is 7.47. The number of carboxylic acids is 1. The number of unbranched alkanes of at least 4 members (excludes halogenated alkanes) is 16. The molecule has 0 aliphatic rings. The maximum atomic E-state index is 12.3. The molecule has 0 aromatic carbocycles. The number of aliphatic hydroxyl groups excluding tert-OH is 1. The lowest BCUT2D eigenvalue weighted by Crippen LogP contribution is -2.43. The molecule has 0 heterocycles. The molecule has 0 aromatic rings. The van der Waals surface area contributed by atoms with Gasteiger partial charge in [0.2, 0.25) is 5.91 Å². The Morgan fingerprint density at radius 3 is 1.45 bits per heavy atom. The van der Waals surface area contributed by atoms with Crippen LogP contribution in [0.2, 0.25) is 0 Å². The first-order chi connectivity index (χ1) is 29.1. The van der Waals surface area contributed by atoms with Crippen molar-refractivity contribution in [2.75, 3.05) is 19.8 Å². The van der Waals surface area contributed by atoms with Crippen molar-refractivity contribution in [2.24, 2.45) is 0 Å². The summed E-state index contributed by atoms with van der Waals surface area (Å²) >= 11 is 0. The highest BCUT2D eigenvalue weighted by atomic mass is 31.2. The summed E-state index contributed by atoms with van der Waals surface area (Å²) in [5.41, 5.74) is 0. The molecule has 60 heavy (non-hydrogen) atoms. The molecule has 0 fully saturated rings. The van der Waals surface area contributed by atoms with E-state index in [1.165, 1.54) is 57.8 Å². The Morgan fingerprint density at radius 1 is 0.550 bits per heavy atom. The minimum absolute atomic E-state index is 0.112. The van der Waals surface area contributed by atoms with Gasteiger partial charge in [-0.3, -0.25) is 18.6 Å². The minimum atomic E-state index is -4.77. The number of carboxylic acid groups (broad SMARTS) is 1. The van der Waals surface area contributed by atoms with Gasteiger partial charge in [-0.15, -0.1) is 0 Å². The predicted octanol–water partition coefficient (Wildman–Crippen LogP) is 12.1. The average Bonchev–Trinajstić information content (AvgIpc) is 3.22. The fourth-order valence-corrected chi connectivity index (χ4v) is 6.74. The van der Waals surface area contributed by atoms with E-state index in [1.807, 2.05) is 0 Å². The number of aliphatic carboxylic acids is 1. The van der Waals surface area contributed by atoms with Gasteiger partial charge >= 0.3 is 19.8 Å². The number of esters is 1. The predicted molar refractivity (Wildman–Crippen MR) is 244 cm³/mol. The van der Waals surface area contributed by atoms with Crippen molar-refractivity contribution < 1.29 is 47.8 Å². The molecular formula is C48H82NO10P. The van der Waals surface area contributed by atoms with E-state index in [1.54, 1.807) is 0 Å². The third kappa shape index (κ3) is 41.6. The molecule has 11 nitrogen and oxygen atoms in total. The molecule has 4 N–H and O–H groups in total. The number of carbonyl (C=O) groups excluding carboxylic acids is 2. The Morgan fingerprint density at radius 2 is 0.967 bits per heavy atom. The zero-order valence-corrected chi connectivity index (χ0v) is 38.1. The summed E-state index contributed by atoms with van der Waals surface area (Å²) < 4.78 is 26.8. The van der Waals surface area contributed by atoms with Crippen LogP contribution < -0.4 is 5.32 Å². The average molecular weight is 864 g/mol. The highest BCUT2D eigenvalue weighted by Gasteiger charge is 2.28. The molecular weight excluding hydrogens is 781 g/mol. The number of phosphoric ester groups is 1. The van der Waals surface area contributed by atoms with Gasteiger partial charge in [0.05, 0.1) is 13.2 Å². The zero-order valence-electron chi connectivity index (χ0n) is 37.2. The van der Waals surface area contributed by atoms with Crippen LogP contribution in [0.1, 0.15) is 181 Å². The second kappa shape index (κ2) is 42.6. The number of allylic oxidation sites excluding steroid dienone is 12. The fraction of sp³-hybridized carbons (Fsp3) is 0.688. The lowest BCUT2D eigenvalue weighted by Gasteiger charge is -2.18. The van der Waals surface area contributed by atoms with Gasteiger partial charge in [-0.25, -0.2) is 9.36 Å². The van der Waals surface area contributed by atoms with Crippen molar-refractivity contribution >= 4 is 25.7 Å². The summed E-state index contributed by atoms with van der Waals surface area (Å²) in [7, 11) is -4.77. The van der Waals surface area contributed by atoms with Crippen LogP contribution in [0.3, 0.4) is 0 Å². The number of rotatable bonds is 42. The maximum absolute atomic E-state index is 12.3. The lowest BCUT2D eigenvalue weighted by molar-refractivity contribution is -0.147. The Labute approximate surface area is 363 Å². The number of phosphoric acid groups is 1. The van der Waals surface area contributed by atoms with Gasteiger partial charge in [-0.1, -0.05) is 177 Å². The van der Waals surface area contributed by atoms with Crippen LogP contribution in [-0.2, 0) is 32.7 Å². The molecule has 0 aliphatic heterocycles. The van der Waals surface area contributed by atoms with Crippen molar-refractivity contribution in [2.45, 2.75) is 193 Å². The Balaban J connectivity index is 3.96. The van der Waals surface area contributed by atoms with E-state index in [0.717, 1.165) is 83.5 Å². The molecule has 0 rings (SSSR count). The van der Waals surface area contributed by atoms with Crippen molar-refractivity contribution in [1.29, 1.82) is 0 Å². The quantitative estimate of drug-likeness (QED) is 0.0201. The van der Waals surface area contributed by atoms with Gasteiger partial charge in [-0.2, -0.15) is 0 Å². The first-order valence-electron chi connectivity index (χ1n) is 23.0. The van der Waals surface area contributed by atoms with Crippen molar-refractivity contribution in [3.8, 4) is 0 Å². The van der Waals surface area contributed by atoms with Crippen LogP contribution in [-0.4, -0.2) is 64.9 Å². The molecule has 0 aliphatic carbocycles. The summed E-state index contributed by atoms with van der Waals surface area (Å²) in [5, 5.41) is 21.8. The van der Waals surface area contributed by atoms with Gasteiger partial charge in [0.15, 0.2) is 6.04 Å². The van der Waals surface area contributed by atoms with E-state index >= 15 is 0 Å². The smallest absolute Gasteiger partial charge is 0.472 e. The van der Waals surface area contributed by atoms with Crippen LogP contribution in [0.15, 0.2) is 72.9 Å². The number of hydrogen-bond donors (Lipinski definition) is 4. The van der Waals surface area contributed by atoms with Crippen LogP contribution in [0.25, 0.3) is 0 Å². The molecule has 0 saturated heterocycles. The van der Waals surface area contributed by atoms with Gasteiger partial charge in [0.25, 0.3) is 0 Å². The summed E-state index contributed by atoms with van der Waals surface area (Å²) in [6.45, 7) is 2.46. The minimum Gasteiger partial charge on any atom is -0.480 e. The second-order valence-electron chi connectivity index (χ2n) is 15.2. The molecule has 1 amide bonds. The standard InChI is InChI=1S/C48H82NO10P/c1-3-5-7-9-11-13-15-17-18-19-20-21-22-23-24-25-26-28-29-31-33-35-37-39-46(51)49-45(48(53)54)43-59-60(55,56)58-42-44(50)41-57-47(52)40-38-36-34-32-30-27-16-14-12-10-8-6-4-2/h5,7,11,13,17-18,20-21,23-24,26,28,44-45,50H,3-4,6,8-10,12,14-16,19,22,25,27,29-43H2,1-2H3,(H,49,51)(H,53,54)(H,55,56)/b7-5-,13-11-,18-17-,21-20-,24-23-,28-26-. The molecule has 3 unspecified atom stereocenters. The molecule has 344 valence electrons. The fourth-order valence-electron chi connectivity index (χ4n) is 5.96. The van der Waals surface area contributed by atoms with Crippen molar-refractivity contribution in [3.63, 3.8) is 0 Å². The molecule has 12 heteroatoms. The van der Waals surface area contributed by atoms with Gasteiger partial charge in [-0.05, 0) is 64.2 Å². The first kappa shape index (κ1) is 56.9. The maximum Gasteiger partial charge on any atom is 0.472 e.